The van der Waals surface area contributed by atoms with Crippen molar-refractivity contribution >= 4 is 24.4 Å². The fourth-order valence-electron chi connectivity index (χ4n) is 3.54. The first kappa shape index (κ1) is 24.6. The Morgan fingerprint density at radius 1 is 0.719 bits per heavy atom. The summed E-state index contributed by atoms with van der Waals surface area (Å²) in [6, 6.07) is 6.59. The van der Waals surface area contributed by atoms with E-state index in [2.05, 4.69) is 0 Å². The Labute approximate surface area is 184 Å². The number of carbonyl (C=O) groups is 4. The van der Waals surface area contributed by atoms with E-state index in [0.29, 0.717) is 0 Å². The molecule has 1 atom stereocenters. The smallest absolute Gasteiger partial charge is 0.407 e. The molecule has 2 rings (SSSR count). The van der Waals surface area contributed by atoms with Gasteiger partial charge >= 0.3 is 24.4 Å². The zero-order valence-corrected chi connectivity index (χ0v) is 17.8. The number of benzene rings is 1. The number of hydrogen-bond acceptors (Lipinski definition) is 4. The van der Waals surface area contributed by atoms with E-state index in [1.807, 2.05) is 31.2 Å². The normalized spacial score (nSPS) is 18.5. The van der Waals surface area contributed by atoms with Gasteiger partial charge in [-0.2, -0.15) is 0 Å². The van der Waals surface area contributed by atoms with Crippen LogP contribution in [0.25, 0.3) is 0 Å². The molecule has 4 amide bonds. The molecule has 0 spiro atoms. The standard InChI is InChI=1S/C20H28N4O8/c1-14-2-4-15(5-3-14)12-16-13-23(19(29)30)9-8-21(17(25)26)6-7-22(18(27)28)10-11-24(16)20(31)32/h2-5,16H,6-13H2,1H3,(H,25,26)(H,27,28)(H,29,30)(H,31,32). The van der Waals surface area contributed by atoms with Crippen LogP contribution in [0.2, 0.25) is 0 Å². The van der Waals surface area contributed by atoms with Crippen LogP contribution in [0.4, 0.5) is 19.2 Å². The van der Waals surface area contributed by atoms with Crippen LogP contribution < -0.4 is 0 Å². The van der Waals surface area contributed by atoms with Gasteiger partial charge in [0.25, 0.3) is 0 Å². The molecule has 4 N–H and O–H groups in total. The maximum atomic E-state index is 12.0. The van der Waals surface area contributed by atoms with Gasteiger partial charge < -0.3 is 40.0 Å². The van der Waals surface area contributed by atoms with Crippen molar-refractivity contribution in [1.29, 1.82) is 0 Å². The highest BCUT2D eigenvalue weighted by Crippen LogP contribution is 2.14. The SMILES string of the molecule is Cc1ccc(CC2CN(C(=O)O)CCN(C(=O)O)CCN(C(=O)O)CCN2C(=O)O)cc1. The van der Waals surface area contributed by atoms with Crippen LogP contribution in [0.3, 0.4) is 0 Å². The third-order valence-corrected chi connectivity index (χ3v) is 5.41. The summed E-state index contributed by atoms with van der Waals surface area (Å²) in [6.07, 6.45) is -4.95. The molecule has 1 aromatic carbocycles. The molecule has 1 saturated heterocycles. The van der Waals surface area contributed by atoms with Gasteiger partial charge in [0.1, 0.15) is 0 Å². The topological polar surface area (TPSA) is 162 Å². The van der Waals surface area contributed by atoms with E-state index in [1.54, 1.807) is 0 Å². The summed E-state index contributed by atoms with van der Waals surface area (Å²) in [5, 5.41) is 38.3. The van der Waals surface area contributed by atoms with Crippen LogP contribution in [0, 0.1) is 6.92 Å². The lowest BCUT2D eigenvalue weighted by atomic mass is 10.0. The third kappa shape index (κ3) is 6.93. The molecule has 1 aromatic rings. The zero-order valence-electron chi connectivity index (χ0n) is 17.8. The van der Waals surface area contributed by atoms with E-state index in [0.717, 1.165) is 30.7 Å². The number of hydrogen-bond donors (Lipinski definition) is 4. The third-order valence-electron chi connectivity index (χ3n) is 5.41. The molecule has 0 aliphatic carbocycles. The van der Waals surface area contributed by atoms with Crippen molar-refractivity contribution in [3.63, 3.8) is 0 Å². The molecule has 1 aliphatic heterocycles. The van der Waals surface area contributed by atoms with Crippen LogP contribution >= 0.6 is 0 Å². The van der Waals surface area contributed by atoms with Crippen LogP contribution in [0.1, 0.15) is 11.1 Å². The molecular formula is C20H28N4O8. The Kier molecular flexibility index (Phi) is 8.50. The van der Waals surface area contributed by atoms with E-state index in [1.165, 1.54) is 0 Å². The van der Waals surface area contributed by atoms with Gasteiger partial charge in [0.05, 0.1) is 6.04 Å². The lowest BCUT2D eigenvalue weighted by Crippen LogP contribution is -2.54. The Hall–Kier alpha value is -3.70. The van der Waals surface area contributed by atoms with Gasteiger partial charge in [-0.1, -0.05) is 29.8 Å². The molecule has 176 valence electrons. The first-order chi connectivity index (χ1) is 15.1. The van der Waals surface area contributed by atoms with E-state index < -0.39 is 30.4 Å². The van der Waals surface area contributed by atoms with E-state index in [4.69, 9.17) is 0 Å². The zero-order chi connectivity index (χ0) is 23.8. The van der Waals surface area contributed by atoms with Crippen LogP contribution in [0.15, 0.2) is 24.3 Å². The van der Waals surface area contributed by atoms with Gasteiger partial charge in [0.15, 0.2) is 0 Å². The number of carboxylic acid groups (broad SMARTS) is 4. The molecule has 1 unspecified atom stereocenters. The Bertz CT molecular complexity index is 831. The highest BCUT2D eigenvalue weighted by Gasteiger charge is 2.30. The van der Waals surface area contributed by atoms with Gasteiger partial charge in [0, 0.05) is 45.8 Å². The average Bonchev–Trinajstić information content (AvgIpc) is 2.70. The maximum Gasteiger partial charge on any atom is 0.407 e. The van der Waals surface area contributed by atoms with Crippen LogP contribution in [0.5, 0.6) is 0 Å². The van der Waals surface area contributed by atoms with Crippen molar-refractivity contribution in [3.8, 4) is 0 Å². The highest BCUT2D eigenvalue weighted by atomic mass is 16.4. The fraction of sp³-hybridized carbons (Fsp3) is 0.500. The predicted molar refractivity (Wildman–Crippen MR) is 112 cm³/mol. The van der Waals surface area contributed by atoms with Crippen molar-refractivity contribution in [2.24, 2.45) is 0 Å². The number of nitrogens with zero attached hydrogens (tertiary/aromatic N) is 4. The number of amides is 4. The summed E-state index contributed by atoms with van der Waals surface area (Å²) in [5.74, 6) is 0. The molecule has 12 heteroatoms. The van der Waals surface area contributed by atoms with Crippen LogP contribution in [-0.4, -0.2) is 116 Å². The molecule has 1 aliphatic rings. The van der Waals surface area contributed by atoms with Gasteiger partial charge in [-0.15, -0.1) is 0 Å². The second-order valence-electron chi connectivity index (χ2n) is 7.59. The molecule has 0 bridgehead atoms. The highest BCUT2D eigenvalue weighted by molar-refractivity contribution is 5.68. The Morgan fingerprint density at radius 3 is 1.59 bits per heavy atom. The van der Waals surface area contributed by atoms with Gasteiger partial charge in [-0.05, 0) is 18.9 Å². The molecule has 1 fully saturated rings. The second-order valence-corrected chi connectivity index (χ2v) is 7.59. The second kappa shape index (κ2) is 11.1. The van der Waals surface area contributed by atoms with Crippen molar-refractivity contribution in [3.05, 3.63) is 35.4 Å². The van der Waals surface area contributed by atoms with Crippen molar-refractivity contribution in [1.82, 2.24) is 19.6 Å². The molecule has 0 aromatic heterocycles. The summed E-state index contributed by atoms with van der Waals surface area (Å²) in [7, 11) is 0. The van der Waals surface area contributed by atoms with Crippen molar-refractivity contribution < 1.29 is 39.6 Å². The lowest BCUT2D eigenvalue weighted by molar-refractivity contribution is 0.0763. The first-order valence-electron chi connectivity index (χ1n) is 10.1. The van der Waals surface area contributed by atoms with Gasteiger partial charge in [-0.25, -0.2) is 19.2 Å². The minimum absolute atomic E-state index is 0.158. The molecular weight excluding hydrogens is 424 g/mol. The number of aryl methyl sites for hydroxylation is 1. The van der Waals surface area contributed by atoms with E-state index in [9.17, 15) is 39.6 Å². The Morgan fingerprint density at radius 2 is 1.16 bits per heavy atom. The summed E-state index contributed by atoms with van der Waals surface area (Å²) in [6.45, 7) is 0.706. The van der Waals surface area contributed by atoms with E-state index in [-0.39, 0.29) is 52.2 Å². The molecule has 0 saturated carbocycles. The summed E-state index contributed by atoms with van der Waals surface area (Å²) < 4.78 is 0. The summed E-state index contributed by atoms with van der Waals surface area (Å²) >= 11 is 0. The quantitative estimate of drug-likeness (QED) is 0.528. The van der Waals surface area contributed by atoms with Gasteiger partial charge in [0.2, 0.25) is 0 Å². The fourth-order valence-corrected chi connectivity index (χ4v) is 3.54. The first-order valence-corrected chi connectivity index (χ1v) is 10.1. The molecule has 32 heavy (non-hydrogen) atoms. The molecule has 12 nitrogen and oxygen atoms in total. The monoisotopic (exact) mass is 452 g/mol. The minimum atomic E-state index is -1.29. The van der Waals surface area contributed by atoms with E-state index >= 15 is 0 Å². The maximum absolute atomic E-state index is 12.0. The van der Waals surface area contributed by atoms with Crippen LogP contribution in [-0.2, 0) is 6.42 Å². The molecule has 0 radical (unpaired) electrons. The lowest BCUT2D eigenvalue weighted by Gasteiger charge is -2.36. The van der Waals surface area contributed by atoms with Gasteiger partial charge in [-0.3, -0.25) is 0 Å². The summed E-state index contributed by atoms with van der Waals surface area (Å²) in [5.41, 5.74) is 1.81. The largest absolute Gasteiger partial charge is 0.465 e. The average molecular weight is 452 g/mol. The Balaban J connectivity index is 2.38. The molecule has 1 heterocycles. The number of rotatable bonds is 2. The summed E-state index contributed by atoms with van der Waals surface area (Å²) in [4.78, 5) is 50.9. The minimum Gasteiger partial charge on any atom is -0.465 e. The van der Waals surface area contributed by atoms with Crippen molar-refractivity contribution in [2.75, 3.05) is 45.8 Å². The predicted octanol–water partition coefficient (Wildman–Crippen LogP) is 1.84. The van der Waals surface area contributed by atoms with Crippen molar-refractivity contribution in [2.45, 2.75) is 19.4 Å².